The van der Waals surface area contributed by atoms with Crippen molar-refractivity contribution in [3.8, 4) is 5.75 Å². The molecule has 7 nitrogen and oxygen atoms in total. The third-order valence-electron chi connectivity index (χ3n) is 6.34. The van der Waals surface area contributed by atoms with Crippen molar-refractivity contribution in [1.29, 1.82) is 0 Å². The normalized spacial score (nSPS) is 14.6. The molecule has 188 valence electrons. The molecule has 2 N–H and O–H groups in total. The summed E-state index contributed by atoms with van der Waals surface area (Å²) in [6, 6.07) is 25.4. The zero-order valence-corrected chi connectivity index (χ0v) is 21.9. The number of hydrogen-bond acceptors (Lipinski definition) is 6. The maximum Gasteiger partial charge on any atom is 0.255 e. The molecule has 0 spiro atoms. The van der Waals surface area contributed by atoms with Crippen molar-refractivity contribution in [1.82, 2.24) is 14.8 Å². The van der Waals surface area contributed by atoms with Crippen LogP contribution in [0.2, 0.25) is 0 Å². The monoisotopic (exact) mass is 511 g/mol. The molecule has 0 fully saturated rings. The second-order valence-corrected chi connectivity index (χ2v) is 9.72. The van der Waals surface area contributed by atoms with E-state index in [1.54, 1.807) is 18.9 Å². The second-order valence-electron chi connectivity index (χ2n) is 8.78. The molecular formula is C29H29N5O2S. The predicted molar refractivity (Wildman–Crippen MR) is 148 cm³/mol. The van der Waals surface area contributed by atoms with Gasteiger partial charge in [0, 0.05) is 17.1 Å². The van der Waals surface area contributed by atoms with Gasteiger partial charge in [0.2, 0.25) is 11.1 Å². The third-order valence-corrected chi connectivity index (χ3v) is 7.25. The van der Waals surface area contributed by atoms with Gasteiger partial charge in [0.15, 0.2) is 0 Å². The number of aryl methyl sites for hydroxylation is 1. The average molecular weight is 512 g/mol. The zero-order valence-electron chi connectivity index (χ0n) is 21.1. The van der Waals surface area contributed by atoms with Crippen molar-refractivity contribution in [2.24, 2.45) is 0 Å². The summed E-state index contributed by atoms with van der Waals surface area (Å²) in [7, 11) is 1.66. The highest BCUT2D eigenvalue weighted by atomic mass is 32.2. The predicted octanol–water partition coefficient (Wildman–Crippen LogP) is 6.07. The van der Waals surface area contributed by atoms with Crippen LogP contribution >= 0.6 is 11.8 Å². The van der Waals surface area contributed by atoms with E-state index in [2.05, 4.69) is 41.8 Å². The summed E-state index contributed by atoms with van der Waals surface area (Å²) in [6.07, 6.45) is 0.948. The molecule has 0 bridgehead atoms. The summed E-state index contributed by atoms with van der Waals surface area (Å²) >= 11 is 1.55. The zero-order chi connectivity index (χ0) is 25.8. The molecule has 0 saturated heterocycles. The Hall–Kier alpha value is -4.04. The minimum absolute atomic E-state index is 0.172. The molecule has 1 aliphatic rings. The topological polar surface area (TPSA) is 81.1 Å². The smallest absolute Gasteiger partial charge is 0.255 e. The summed E-state index contributed by atoms with van der Waals surface area (Å²) in [6.45, 7) is 4.04. The number of thioether (sulfide) groups is 1. The Morgan fingerprint density at radius 3 is 2.41 bits per heavy atom. The summed E-state index contributed by atoms with van der Waals surface area (Å²) in [5, 5.41) is 11.8. The number of carbonyl (C=O) groups excluding carboxylic acids is 1. The maximum atomic E-state index is 13.6. The van der Waals surface area contributed by atoms with E-state index >= 15 is 0 Å². The maximum absolute atomic E-state index is 13.6. The van der Waals surface area contributed by atoms with Gasteiger partial charge in [0.25, 0.3) is 5.91 Å². The number of methoxy groups -OCH3 is 1. The van der Waals surface area contributed by atoms with E-state index in [0.29, 0.717) is 16.7 Å². The minimum Gasteiger partial charge on any atom is -0.497 e. The number of nitrogens with one attached hydrogen (secondary N) is 2. The number of nitrogens with zero attached hydrogens (tertiary/aromatic N) is 3. The first kappa shape index (κ1) is 24.6. The fourth-order valence-electron chi connectivity index (χ4n) is 4.32. The van der Waals surface area contributed by atoms with E-state index in [-0.39, 0.29) is 5.91 Å². The van der Waals surface area contributed by atoms with Gasteiger partial charge >= 0.3 is 0 Å². The van der Waals surface area contributed by atoms with E-state index in [1.165, 1.54) is 5.56 Å². The van der Waals surface area contributed by atoms with E-state index < -0.39 is 6.04 Å². The number of rotatable bonds is 8. The van der Waals surface area contributed by atoms with Gasteiger partial charge in [-0.05, 0) is 54.3 Å². The largest absolute Gasteiger partial charge is 0.497 e. The van der Waals surface area contributed by atoms with Crippen molar-refractivity contribution >= 4 is 29.3 Å². The van der Waals surface area contributed by atoms with Crippen molar-refractivity contribution in [2.45, 2.75) is 37.2 Å². The van der Waals surface area contributed by atoms with Crippen LogP contribution in [0.5, 0.6) is 5.75 Å². The van der Waals surface area contributed by atoms with E-state index in [0.717, 1.165) is 40.4 Å². The molecule has 2 heterocycles. The Bertz CT molecular complexity index is 1410. The van der Waals surface area contributed by atoms with Crippen molar-refractivity contribution in [3.63, 3.8) is 0 Å². The van der Waals surface area contributed by atoms with Gasteiger partial charge in [0.05, 0.1) is 12.7 Å². The number of ether oxygens (including phenoxy) is 1. The number of fused-ring (bicyclic) bond motifs is 1. The highest BCUT2D eigenvalue weighted by Crippen LogP contribution is 2.37. The van der Waals surface area contributed by atoms with Crippen LogP contribution < -0.4 is 15.4 Å². The molecule has 37 heavy (non-hydrogen) atoms. The number of aromatic nitrogens is 3. The molecule has 4 aromatic rings. The highest BCUT2D eigenvalue weighted by molar-refractivity contribution is 7.98. The lowest BCUT2D eigenvalue weighted by molar-refractivity contribution is -0.113. The van der Waals surface area contributed by atoms with Crippen LogP contribution in [0.25, 0.3) is 0 Å². The fraction of sp³-hybridized carbons (Fsp3) is 0.207. The number of benzene rings is 3. The fourth-order valence-corrected chi connectivity index (χ4v) is 5.10. The number of hydrogen-bond donors (Lipinski definition) is 2. The minimum atomic E-state index is -0.409. The quantitative estimate of drug-likeness (QED) is 0.280. The standard InChI is InChI=1S/C29H29N5O2S/c1-4-20-10-14-22(15-11-20)26-25(27(35)31-23-8-6-5-7-9-23)19(2)30-28-32-29(33-34(26)28)37-18-21-12-16-24(36-3)17-13-21/h5-17,26H,4,18H2,1-3H3,(H,31,35)(H,30,32,33). The molecule has 0 aliphatic carbocycles. The van der Waals surface area contributed by atoms with Gasteiger partial charge in [-0.2, -0.15) is 4.98 Å². The van der Waals surface area contributed by atoms with Crippen molar-refractivity contribution < 1.29 is 9.53 Å². The average Bonchev–Trinajstić information content (AvgIpc) is 3.34. The Morgan fingerprint density at radius 1 is 1.03 bits per heavy atom. The summed E-state index contributed by atoms with van der Waals surface area (Å²) in [5.41, 5.74) is 5.47. The van der Waals surface area contributed by atoms with Crippen molar-refractivity contribution in [3.05, 3.63) is 107 Å². The van der Waals surface area contributed by atoms with Gasteiger partial charge in [-0.1, -0.05) is 73.3 Å². The molecule has 1 aromatic heterocycles. The summed E-state index contributed by atoms with van der Waals surface area (Å²) in [4.78, 5) is 18.3. The number of para-hydroxylation sites is 1. The number of anilines is 2. The molecule has 1 atom stereocenters. The van der Waals surface area contributed by atoms with Crippen LogP contribution in [0.15, 0.2) is 95.3 Å². The van der Waals surface area contributed by atoms with Gasteiger partial charge in [-0.25, -0.2) is 4.68 Å². The molecule has 5 rings (SSSR count). The molecule has 0 radical (unpaired) electrons. The van der Waals surface area contributed by atoms with Crippen LogP contribution in [-0.2, 0) is 17.0 Å². The Balaban J connectivity index is 1.46. The lowest BCUT2D eigenvalue weighted by Crippen LogP contribution is -2.31. The molecule has 3 aromatic carbocycles. The molecule has 1 aliphatic heterocycles. The van der Waals surface area contributed by atoms with Crippen LogP contribution in [0.1, 0.15) is 36.6 Å². The Labute approximate surface area is 221 Å². The summed E-state index contributed by atoms with van der Waals surface area (Å²) < 4.78 is 7.08. The third kappa shape index (κ3) is 5.39. The van der Waals surface area contributed by atoms with Gasteiger partial charge in [-0.3, -0.25) is 4.79 Å². The molecule has 8 heteroatoms. The van der Waals surface area contributed by atoms with Crippen LogP contribution in [-0.4, -0.2) is 27.8 Å². The number of amides is 1. The highest BCUT2D eigenvalue weighted by Gasteiger charge is 2.34. The second kappa shape index (κ2) is 10.9. The molecule has 1 unspecified atom stereocenters. The molecular weight excluding hydrogens is 482 g/mol. The Kier molecular flexibility index (Phi) is 7.28. The molecule has 0 saturated carbocycles. The van der Waals surface area contributed by atoms with Gasteiger partial charge in [-0.15, -0.1) is 5.10 Å². The Morgan fingerprint density at radius 2 is 1.73 bits per heavy atom. The van der Waals surface area contributed by atoms with E-state index in [4.69, 9.17) is 14.8 Å². The lowest BCUT2D eigenvalue weighted by atomic mass is 9.94. The van der Waals surface area contributed by atoms with Gasteiger partial charge in [0.1, 0.15) is 11.8 Å². The SMILES string of the molecule is CCc1ccc(C2C(C(=O)Nc3ccccc3)=C(C)Nc3nc(SCc4ccc(OC)cc4)nn32)cc1. The first-order valence-corrected chi connectivity index (χ1v) is 13.2. The molecule has 1 amide bonds. The summed E-state index contributed by atoms with van der Waals surface area (Å²) in [5.74, 6) is 2.00. The number of carbonyl (C=O) groups is 1. The first-order chi connectivity index (χ1) is 18.1. The van der Waals surface area contributed by atoms with E-state index in [9.17, 15) is 4.79 Å². The van der Waals surface area contributed by atoms with E-state index in [1.807, 2.05) is 66.2 Å². The van der Waals surface area contributed by atoms with Crippen LogP contribution in [0.3, 0.4) is 0 Å². The van der Waals surface area contributed by atoms with Crippen LogP contribution in [0.4, 0.5) is 11.6 Å². The lowest BCUT2D eigenvalue weighted by Gasteiger charge is -2.28. The van der Waals surface area contributed by atoms with Crippen molar-refractivity contribution in [2.75, 3.05) is 17.7 Å². The van der Waals surface area contributed by atoms with Crippen LogP contribution in [0, 0.1) is 0 Å². The van der Waals surface area contributed by atoms with Gasteiger partial charge < -0.3 is 15.4 Å². The number of allylic oxidation sites excluding steroid dienone is 1. The first-order valence-electron chi connectivity index (χ1n) is 12.2.